The average Bonchev–Trinajstić information content (AvgIpc) is 2.71. The molecule has 0 radical (unpaired) electrons. The molecule has 0 saturated carbocycles. The molecule has 1 aliphatic heterocycles. The summed E-state index contributed by atoms with van der Waals surface area (Å²) in [6.45, 7) is -0.428. The highest BCUT2D eigenvalue weighted by Crippen LogP contribution is 2.31. The van der Waals surface area contributed by atoms with Crippen LogP contribution in [0.4, 0.5) is 15.4 Å². The summed E-state index contributed by atoms with van der Waals surface area (Å²) in [5, 5.41) is 8.86. The van der Waals surface area contributed by atoms with Crippen LogP contribution >= 0.6 is 11.6 Å². The van der Waals surface area contributed by atoms with Crippen molar-refractivity contribution in [3.05, 3.63) is 27.4 Å². The molecule has 108 valence electrons. The second kappa shape index (κ2) is 4.94. The van der Waals surface area contributed by atoms with Crippen molar-refractivity contribution in [1.82, 2.24) is 4.98 Å². The Balaban J connectivity index is 2.33. The lowest BCUT2D eigenvalue weighted by atomic mass is 10.4. The summed E-state index contributed by atoms with van der Waals surface area (Å²) in [5.74, 6) is -0.798. The molecule has 1 atom stereocenters. The molecular formula is C9H7ClFN3O5S. The van der Waals surface area contributed by atoms with E-state index in [2.05, 4.69) is 4.98 Å². The summed E-state index contributed by atoms with van der Waals surface area (Å²) in [4.78, 5) is 26.0. The molecule has 20 heavy (non-hydrogen) atoms. The number of halogens is 2. The zero-order valence-electron chi connectivity index (χ0n) is 9.69. The van der Waals surface area contributed by atoms with E-state index in [1.807, 2.05) is 0 Å². The van der Waals surface area contributed by atoms with Gasteiger partial charge in [0.25, 0.3) is 5.69 Å². The Morgan fingerprint density at radius 3 is 2.65 bits per heavy atom. The van der Waals surface area contributed by atoms with E-state index in [1.165, 1.54) is 0 Å². The Labute approximate surface area is 117 Å². The van der Waals surface area contributed by atoms with E-state index >= 15 is 0 Å². The van der Waals surface area contributed by atoms with E-state index < -0.39 is 39.3 Å². The number of hydrogen-bond acceptors (Lipinski definition) is 6. The molecule has 0 bridgehead atoms. The number of rotatable bonds is 3. The second-order valence-electron chi connectivity index (χ2n) is 4.06. The lowest BCUT2D eigenvalue weighted by Crippen LogP contribution is -2.28. The SMILES string of the molecule is O=C1CC(S(=O)(=O)F)CN1c1ncc([N+](=O)[O-])cc1Cl. The summed E-state index contributed by atoms with van der Waals surface area (Å²) < 4.78 is 34.5. The zero-order chi connectivity index (χ0) is 15.1. The van der Waals surface area contributed by atoms with Gasteiger partial charge in [0.1, 0.15) is 11.4 Å². The van der Waals surface area contributed by atoms with Crippen LogP contribution in [0.15, 0.2) is 12.3 Å². The van der Waals surface area contributed by atoms with Crippen molar-refractivity contribution in [2.75, 3.05) is 11.4 Å². The minimum atomic E-state index is -4.85. The number of hydrogen-bond donors (Lipinski definition) is 0. The molecule has 0 aliphatic carbocycles. The largest absolute Gasteiger partial charge is 0.307 e. The van der Waals surface area contributed by atoms with Crippen molar-refractivity contribution in [2.45, 2.75) is 11.7 Å². The van der Waals surface area contributed by atoms with Crippen molar-refractivity contribution in [3.63, 3.8) is 0 Å². The van der Waals surface area contributed by atoms with Gasteiger partial charge in [0.05, 0.1) is 9.95 Å². The van der Waals surface area contributed by atoms with Crippen LogP contribution in [0, 0.1) is 10.1 Å². The Kier molecular flexibility index (Phi) is 3.61. The predicted octanol–water partition coefficient (Wildman–Crippen LogP) is 1.05. The molecule has 8 nitrogen and oxygen atoms in total. The third-order valence-corrected chi connectivity index (χ3v) is 4.15. The minimum Gasteiger partial charge on any atom is -0.294 e. The van der Waals surface area contributed by atoms with Crippen LogP contribution in [0.1, 0.15) is 6.42 Å². The van der Waals surface area contributed by atoms with E-state index in [1.54, 1.807) is 0 Å². The van der Waals surface area contributed by atoms with Gasteiger partial charge >= 0.3 is 10.2 Å². The average molecular weight is 324 g/mol. The van der Waals surface area contributed by atoms with Crippen LogP contribution in [0.25, 0.3) is 0 Å². The molecule has 1 aromatic rings. The van der Waals surface area contributed by atoms with Crippen LogP contribution in [0.2, 0.25) is 5.02 Å². The molecule has 2 heterocycles. The number of amides is 1. The smallest absolute Gasteiger partial charge is 0.294 e. The lowest BCUT2D eigenvalue weighted by Gasteiger charge is -2.15. The first-order valence-corrected chi connectivity index (χ1v) is 7.06. The normalized spacial score (nSPS) is 19.4. The second-order valence-corrected chi connectivity index (χ2v) is 6.09. The maximum Gasteiger partial charge on any atom is 0.307 e. The third kappa shape index (κ3) is 2.70. The van der Waals surface area contributed by atoms with E-state index in [0.29, 0.717) is 0 Å². The molecule has 1 aliphatic rings. The molecule has 1 saturated heterocycles. The summed E-state index contributed by atoms with van der Waals surface area (Å²) >= 11 is 5.78. The highest BCUT2D eigenvalue weighted by atomic mass is 35.5. The maximum absolute atomic E-state index is 12.9. The molecule has 0 spiro atoms. The van der Waals surface area contributed by atoms with Crippen LogP contribution in [-0.2, 0) is 15.0 Å². The molecule has 0 aromatic carbocycles. The van der Waals surface area contributed by atoms with Crippen molar-refractivity contribution < 1.29 is 22.0 Å². The minimum absolute atomic E-state index is 0.131. The topological polar surface area (TPSA) is 110 Å². The van der Waals surface area contributed by atoms with Gasteiger partial charge in [0.2, 0.25) is 5.91 Å². The predicted molar refractivity (Wildman–Crippen MR) is 66.7 cm³/mol. The highest BCUT2D eigenvalue weighted by Gasteiger charge is 2.40. The Morgan fingerprint density at radius 2 is 2.20 bits per heavy atom. The molecule has 11 heteroatoms. The molecule has 0 N–H and O–H groups in total. The monoisotopic (exact) mass is 323 g/mol. The summed E-state index contributed by atoms with van der Waals surface area (Å²) in [5.41, 5.74) is -0.375. The quantitative estimate of drug-likeness (QED) is 0.467. The third-order valence-electron chi connectivity index (χ3n) is 2.76. The molecule has 1 aromatic heterocycles. The Morgan fingerprint density at radius 1 is 1.55 bits per heavy atom. The molecule has 1 fully saturated rings. The van der Waals surface area contributed by atoms with Crippen LogP contribution in [0.3, 0.4) is 0 Å². The maximum atomic E-state index is 12.9. The number of carbonyl (C=O) groups excluding carboxylic acids is 1. The zero-order valence-corrected chi connectivity index (χ0v) is 11.3. The first-order valence-electron chi connectivity index (χ1n) is 5.24. The van der Waals surface area contributed by atoms with E-state index in [9.17, 15) is 27.2 Å². The van der Waals surface area contributed by atoms with E-state index in [-0.39, 0.29) is 16.5 Å². The van der Waals surface area contributed by atoms with Gasteiger partial charge < -0.3 is 0 Å². The number of nitro groups is 1. The number of anilines is 1. The number of carbonyl (C=O) groups is 1. The summed E-state index contributed by atoms with van der Waals surface area (Å²) in [6.07, 6.45) is 0.361. The summed E-state index contributed by atoms with van der Waals surface area (Å²) in [6, 6.07) is 0.981. The van der Waals surface area contributed by atoms with Gasteiger partial charge in [-0.1, -0.05) is 11.6 Å². The Bertz CT molecular complexity index is 695. The molecular weight excluding hydrogens is 317 g/mol. The fourth-order valence-electron chi connectivity index (χ4n) is 1.79. The number of pyridine rings is 1. The van der Waals surface area contributed by atoms with Gasteiger partial charge in [-0.15, -0.1) is 3.89 Å². The van der Waals surface area contributed by atoms with E-state index in [0.717, 1.165) is 17.2 Å². The fraction of sp³-hybridized carbons (Fsp3) is 0.333. The van der Waals surface area contributed by atoms with E-state index in [4.69, 9.17) is 11.6 Å². The first-order chi connectivity index (χ1) is 9.20. The van der Waals surface area contributed by atoms with Crippen molar-refractivity contribution in [2.24, 2.45) is 0 Å². The number of nitrogens with zero attached hydrogens (tertiary/aromatic N) is 3. The van der Waals surface area contributed by atoms with Crippen molar-refractivity contribution >= 4 is 39.2 Å². The highest BCUT2D eigenvalue weighted by molar-refractivity contribution is 7.87. The van der Waals surface area contributed by atoms with Gasteiger partial charge in [0, 0.05) is 19.0 Å². The van der Waals surface area contributed by atoms with Crippen LogP contribution in [-0.4, -0.2) is 36.0 Å². The standard InChI is InChI=1S/C9H7ClFN3O5S/c10-7-1-5(14(16)17)3-12-9(7)13-4-6(2-8(13)15)20(11,18)19/h1,3,6H,2,4H2. The Hall–Kier alpha value is -1.81. The van der Waals surface area contributed by atoms with Gasteiger partial charge in [-0.3, -0.25) is 19.8 Å². The van der Waals surface area contributed by atoms with Crippen molar-refractivity contribution in [3.8, 4) is 0 Å². The van der Waals surface area contributed by atoms with Crippen molar-refractivity contribution in [1.29, 1.82) is 0 Å². The van der Waals surface area contributed by atoms with Gasteiger partial charge in [0.15, 0.2) is 5.82 Å². The summed E-state index contributed by atoms with van der Waals surface area (Å²) in [7, 11) is -4.85. The lowest BCUT2D eigenvalue weighted by molar-refractivity contribution is -0.385. The van der Waals surface area contributed by atoms with Gasteiger partial charge in [-0.25, -0.2) is 4.98 Å². The molecule has 1 unspecified atom stereocenters. The number of aromatic nitrogens is 1. The van der Waals surface area contributed by atoms with Gasteiger partial charge in [-0.2, -0.15) is 8.42 Å². The fourth-order valence-corrected chi connectivity index (χ4v) is 2.72. The van der Waals surface area contributed by atoms with Gasteiger partial charge in [-0.05, 0) is 0 Å². The van der Waals surface area contributed by atoms with Crippen LogP contribution in [0.5, 0.6) is 0 Å². The molecule has 1 amide bonds. The first kappa shape index (κ1) is 14.6. The molecule has 2 rings (SSSR count). The van der Waals surface area contributed by atoms with Crippen LogP contribution < -0.4 is 4.90 Å².